The fourth-order valence-electron chi connectivity index (χ4n) is 2.82. The molecule has 1 atom stereocenters. The summed E-state index contributed by atoms with van der Waals surface area (Å²) < 4.78 is 0.902. The Bertz CT molecular complexity index is 1050. The van der Waals surface area contributed by atoms with Gasteiger partial charge in [-0.3, -0.25) is 19.3 Å². The van der Waals surface area contributed by atoms with E-state index < -0.39 is 17.2 Å². The predicted molar refractivity (Wildman–Crippen MR) is 118 cm³/mol. The van der Waals surface area contributed by atoms with Crippen LogP contribution in [0.4, 0.5) is 5.69 Å². The van der Waals surface area contributed by atoms with Crippen LogP contribution in [0.15, 0.2) is 69.7 Å². The summed E-state index contributed by atoms with van der Waals surface area (Å²) >= 11 is 4.32. The number of carbonyl (C=O) groups excluding carboxylic acids is 3. The number of rotatable bonds is 5. The van der Waals surface area contributed by atoms with Gasteiger partial charge in [-0.1, -0.05) is 58.0 Å². The number of nitrogens with zero attached hydrogens (tertiary/aromatic N) is 2. The molecule has 7 nitrogen and oxygen atoms in total. The van der Waals surface area contributed by atoms with Crippen molar-refractivity contribution in [2.75, 3.05) is 11.9 Å². The van der Waals surface area contributed by atoms with Gasteiger partial charge in [0.05, 0.1) is 6.42 Å². The Balaban J connectivity index is 1.88. The van der Waals surface area contributed by atoms with Gasteiger partial charge >= 0.3 is 0 Å². The van der Waals surface area contributed by atoms with Crippen molar-refractivity contribution in [1.82, 2.24) is 10.6 Å². The van der Waals surface area contributed by atoms with Gasteiger partial charge in [-0.05, 0) is 29.8 Å². The number of benzene rings is 2. The van der Waals surface area contributed by atoms with Crippen molar-refractivity contribution in [1.29, 1.82) is 5.26 Å². The summed E-state index contributed by atoms with van der Waals surface area (Å²) in [5, 5.41) is 13.9. The van der Waals surface area contributed by atoms with Gasteiger partial charge in [-0.2, -0.15) is 5.26 Å². The number of carbonyl (C=O) groups is 3. The third kappa shape index (κ3) is 4.72. The lowest BCUT2D eigenvalue weighted by atomic mass is 10.1. The first-order chi connectivity index (χ1) is 14.4. The molecular formula is C21H17BrN4O3S. The number of nitrogens with one attached hydrogen (secondary N) is 2. The molecule has 30 heavy (non-hydrogen) atoms. The minimum atomic E-state index is -0.948. The van der Waals surface area contributed by atoms with Gasteiger partial charge in [0.15, 0.2) is 5.37 Å². The lowest BCUT2D eigenvalue weighted by Gasteiger charge is -2.18. The van der Waals surface area contributed by atoms with Crippen molar-refractivity contribution >= 4 is 51.1 Å². The Morgan fingerprint density at radius 1 is 1.17 bits per heavy atom. The lowest BCUT2D eigenvalue weighted by Crippen LogP contribution is -2.41. The number of thioether (sulfide) groups is 1. The van der Waals surface area contributed by atoms with Gasteiger partial charge in [0.2, 0.25) is 5.91 Å². The van der Waals surface area contributed by atoms with Crippen LogP contribution >= 0.6 is 27.7 Å². The van der Waals surface area contributed by atoms with Crippen molar-refractivity contribution in [2.45, 2.75) is 11.8 Å². The van der Waals surface area contributed by atoms with Crippen molar-refractivity contribution in [2.24, 2.45) is 0 Å². The van der Waals surface area contributed by atoms with Gasteiger partial charge in [0, 0.05) is 17.2 Å². The zero-order valence-corrected chi connectivity index (χ0v) is 18.3. The summed E-state index contributed by atoms with van der Waals surface area (Å²) in [6, 6.07) is 17.8. The fourth-order valence-corrected chi connectivity index (χ4v) is 4.26. The van der Waals surface area contributed by atoms with Crippen LogP contribution in [0.5, 0.6) is 0 Å². The molecular weight excluding hydrogens is 468 g/mol. The van der Waals surface area contributed by atoms with Gasteiger partial charge in [0.25, 0.3) is 11.8 Å². The monoisotopic (exact) mass is 484 g/mol. The van der Waals surface area contributed by atoms with Crippen LogP contribution in [-0.2, 0) is 20.8 Å². The first-order valence-corrected chi connectivity index (χ1v) is 10.6. The minimum Gasteiger partial charge on any atom is -0.354 e. The van der Waals surface area contributed by atoms with Crippen molar-refractivity contribution in [3.63, 3.8) is 0 Å². The Kier molecular flexibility index (Phi) is 6.92. The summed E-state index contributed by atoms with van der Waals surface area (Å²) in [4.78, 5) is 39.1. The largest absolute Gasteiger partial charge is 0.354 e. The predicted octanol–water partition coefficient (Wildman–Crippen LogP) is 2.70. The molecule has 1 heterocycles. The van der Waals surface area contributed by atoms with Gasteiger partial charge in [-0.15, -0.1) is 0 Å². The maximum Gasteiger partial charge on any atom is 0.265 e. The first-order valence-electron chi connectivity index (χ1n) is 8.90. The molecule has 0 saturated carbocycles. The van der Waals surface area contributed by atoms with E-state index in [1.54, 1.807) is 30.3 Å². The molecule has 0 aromatic heterocycles. The Morgan fingerprint density at radius 3 is 2.43 bits per heavy atom. The molecule has 1 aliphatic rings. The number of para-hydroxylation sites is 1. The minimum absolute atomic E-state index is 0.0998. The molecule has 2 aromatic carbocycles. The van der Waals surface area contributed by atoms with E-state index >= 15 is 0 Å². The number of likely N-dealkylation sites (N-methyl/N-ethyl adjacent to an activating group) is 1. The van der Waals surface area contributed by atoms with Crippen LogP contribution < -0.4 is 15.5 Å². The molecule has 1 saturated heterocycles. The summed E-state index contributed by atoms with van der Waals surface area (Å²) in [6.45, 7) is 0. The zero-order valence-electron chi connectivity index (χ0n) is 15.9. The molecule has 0 unspecified atom stereocenters. The van der Waals surface area contributed by atoms with E-state index in [2.05, 4.69) is 26.6 Å². The van der Waals surface area contributed by atoms with Crippen LogP contribution in [-0.4, -0.2) is 30.1 Å². The Labute approximate surface area is 186 Å². The number of halogens is 1. The van der Waals surface area contributed by atoms with E-state index in [1.807, 2.05) is 30.3 Å². The zero-order chi connectivity index (χ0) is 21.7. The maximum atomic E-state index is 13.1. The summed E-state index contributed by atoms with van der Waals surface area (Å²) in [5.74, 6) is -1.37. The highest BCUT2D eigenvalue weighted by Crippen LogP contribution is 2.39. The molecule has 0 bridgehead atoms. The van der Waals surface area contributed by atoms with Crippen LogP contribution in [0.3, 0.4) is 0 Å². The summed E-state index contributed by atoms with van der Waals surface area (Å²) in [5.41, 5.74) is 1.11. The quantitative estimate of drug-likeness (QED) is 0.501. The third-order valence-corrected chi connectivity index (χ3v) is 5.94. The second kappa shape index (κ2) is 9.61. The van der Waals surface area contributed by atoms with Crippen LogP contribution in [0.25, 0.3) is 0 Å². The molecule has 0 spiro atoms. The topological polar surface area (TPSA) is 102 Å². The lowest BCUT2D eigenvalue weighted by molar-refractivity contribution is -0.124. The normalized spacial score (nSPS) is 17.3. The first kappa shape index (κ1) is 21.6. The van der Waals surface area contributed by atoms with E-state index in [1.165, 1.54) is 11.9 Å². The van der Waals surface area contributed by atoms with E-state index in [4.69, 9.17) is 0 Å². The fraction of sp³-hybridized carbons (Fsp3) is 0.143. The molecule has 1 fully saturated rings. The van der Waals surface area contributed by atoms with Gasteiger partial charge in [0.1, 0.15) is 16.7 Å². The maximum absolute atomic E-state index is 13.1. The smallest absolute Gasteiger partial charge is 0.265 e. The van der Waals surface area contributed by atoms with Crippen molar-refractivity contribution < 1.29 is 14.4 Å². The number of hydrogen-bond donors (Lipinski definition) is 2. The van der Waals surface area contributed by atoms with Gasteiger partial charge in [-0.25, -0.2) is 0 Å². The van der Waals surface area contributed by atoms with Crippen LogP contribution in [0, 0.1) is 11.3 Å². The molecule has 2 aromatic rings. The van der Waals surface area contributed by atoms with Crippen molar-refractivity contribution in [3.05, 3.63) is 75.2 Å². The number of anilines is 1. The highest BCUT2D eigenvalue weighted by atomic mass is 79.9. The molecule has 1 aliphatic heterocycles. The highest BCUT2D eigenvalue weighted by Gasteiger charge is 2.41. The number of amides is 3. The molecule has 3 rings (SSSR count). The molecule has 9 heteroatoms. The summed E-state index contributed by atoms with van der Waals surface area (Å²) in [7, 11) is 1.41. The van der Waals surface area contributed by atoms with E-state index in [0.717, 1.165) is 21.8 Å². The third-order valence-electron chi connectivity index (χ3n) is 4.24. The molecule has 3 amide bonds. The Morgan fingerprint density at radius 2 is 1.83 bits per heavy atom. The van der Waals surface area contributed by atoms with Gasteiger partial charge < -0.3 is 10.6 Å². The molecule has 0 radical (unpaired) electrons. The second-order valence-corrected chi connectivity index (χ2v) is 8.26. The van der Waals surface area contributed by atoms with E-state index in [0.29, 0.717) is 5.69 Å². The van der Waals surface area contributed by atoms with E-state index in [9.17, 15) is 19.6 Å². The molecule has 2 N–H and O–H groups in total. The number of nitriles is 1. The number of hydrogen-bond acceptors (Lipinski definition) is 5. The van der Waals surface area contributed by atoms with Crippen molar-refractivity contribution in [3.8, 4) is 6.07 Å². The van der Waals surface area contributed by atoms with Crippen LogP contribution in [0.1, 0.15) is 5.56 Å². The molecule has 152 valence electrons. The van der Waals surface area contributed by atoms with E-state index in [-0.39, 0.29) is 22.9 Å². The standard InChI is InChI=1S/C21H17BrN4O3S/c1-24-18(28)16(12-23)21-26(15-5-3-2-4-6-15)20(29)19(30-21)25-17(27)11-13-7-9-14(22)10-8-13/h2-10,19H,11H2,1H3,(H,24,28)(H,25,27)/b21-16-/t19-/m1/s1. The van der Waals surface area contributed by atoms with Crippen LogP contribution in [0.2, 0.25) is 0 Å². The average molecular weight is 485 g/mol. The molecule has 0 aliphatic carbocycles. The summed E-state index contributed by atoms with van der Waals surface area (Å²) in [6.07, 6.45) is 0.0998. The average Bonchev–Trinajstić information content (AvgIpc) is 3.06. The highest BCUT2D eigenvalue weighted by molar-refractivity contribution is 9.10. The Hall–Kier alpha value is -3.09. The SMILES string of the molecule is CNC(=O)/C(C#N)=C1\S[C@@H](NC(=O)Cc2ccc(Br)cc2)C(=O)N1c1ccccc1. The second-order valence-electron chi connectivity index (χ2n) is 6.25.